The number of aromatic nitrogens is 2. The Bertz CT molecular complexity index is 910. The van der Waals surface area contributed by atoms with Crippen LogP contribution in [0.2, 0.25) is 0 Å². The second-order valence-electron chi connectivity index (χ2n) is 6.24. The van der Waals surface area contributed by atoms with Gasteiger partial charge in [-0.1, -0.05) is 24.3 Å². The second-order valence-corrected chi connectivity index (χ2v) is 6.24. The van der Waals surface area contributed by atoms with Crippen LogP contribution in [0.4, 0.5) is 5.69 Å². The van der Waals surface area contributed by atoms with Crippen molar-refractivity contribution in [2.45, 2.75) is 18.4 Å². The summed E-state index contributed by atoms with van der Waals surface area (Å²) in [6.07, 6.45) is 4.38. The molecule has 0 saturated heterocycles. The summed E-state index contributed by atoms with van der Waals surface area (Å²) in [7, 11) is 0. The lowest BCUT2D eigenvalue weighted by molar-refractivity contribution is 0.102. The van der Waals surface area contributed by atoms with Gasteiger partial charge < -0.3 is 11.1 Å². The van der Waals surface area contributed by atoms with Gasteiger partial charge in [0.25, 0.3) is 5.91 Å². The zero-order valence-electron chi connectivity index (χ0n) is 13.6. The van der Waals surface area contributed by atoms with Crippen molar-refractivity contribution in [3.8, 4) is 11.4 Å². The van der Waals surface area contributed by atoms with E-state index < -0.39 is 0 Å². The molecule has 0 spiro atoms. The van der Waals surface area contributed by atoms with Crippen LogP contribution in [0.1, 0.15) is 28.3 Å². The Kier molecular flexibility index (Phi) is 3.99. The first-order valence-corrected chi connectivity index (χ1v) is 8.25. The molecule has 4 rings (SSSR count). The summed E-state index contributed by atoms with van der Waals surface area (Å²) >= 11 is 0. The number of hydrogen-bond donors (Lipinski definition) is 2. The third-order valence-corrected chi connectivity index (χ3v) is 4.36. The van der Waals surface area contributed by atoms with Crippen molar-refractivity contribution in [3.05, 3.63) is 78.1 Å². The van der Waals surface area contributed by atoms with Gasteiger partial charge in [-0.05, 0) is 42.3 Å². The minimum absolute atomic E-state index is 0.137. The van der Waals surface area contributed by atoms with Crippen LogP contribution in [-0.4, -0.2) is 21.9 Å². The number of carbonyl (C=O) groups excluding carboxylic acids is 1. The number of nitrogens with zero attached hydrogens (tertiary/aromatic N) is 2. The first kappa shape index (κ1) is 15.5. The van der Waals surface area contributed by atoms with E-state index in [1.807, 2.05) is 48.5 Å². The molecule has 1 aliphatic rings. The van der Waals surface area contributed by atoms with E-state index in [0.29, 0.717) is 23.0 Å². The maximum absolute atomic E-state index is 12.6. The predicted molar refractivity (Wildman–Crippen MR) is 97.2 cm³/mol. The van der Waals surface area contributed by atoms with Gasteiger partial charge in [0.1, 0.15) is 0 Å². The quantitative estimate of drug-likeness (QED) is 0.770. The topological polar surface area (TPSA) is 80.9 Å². The van der Waals surface area contributed by atoms with Crippen molar-refractivity contribution in [2.75, 3.05) is 5.32 Å². The molecule has 0 aliphatic heterocycles. The Morgan fingerprint density at radius 1 is 1.04 bits per heavy atom. The minimum atomic E-state index is -0.137. The van der Waals surface area contributed by atoms with E-state index in [1.54, 1.807) is 18.5 Å². The van der Waals surface area contributed by atoms with Crippen molar-refractivity contribution in [3.63, 3.8) is 0 Å². The Labute approximate surface area is 145 Å². The number of carbonyl (C=O) groups is 1. The number of hydrogen-bond acceptors (Lipinski definition) is 4. The monoisotopic (exact) mass is 330 g/mol. The van der Waals surface area contributed by atoms with Crippen LogP contribution >= 0.6 is 0 Å². The van der Waals surface area contributed by atoms with Gasteiger partial charge in [0.2, 0.25) is 0 Å². The fourth-order valence-electron chi connectivity index (χ4n) is 2.90. The van der Waals surface area contributed by atoms with E-state index in [9.17, 15) is 4.79 Å². The molecule has 1 aromatic heterocycles. The molecular weight excluding hydrogens is 312 g/mol. The van der Waals surface area contributed by atoms with Crippen LogP contribution in [0.5, 0.6) is 0 Å². The highest BCUT2D eigenvalue weighted by atomic mass is 16.1. The largest absolute Gasteiger partial charge is 0.327 e. The molecule has 5 heteroatoms. The minimum Gasteiger partial charge on any atom is -0.327 e. The number of anilines is 1. The summed E-state index contributed by atoms with van der Waals surface area (Å²) in [5.74, 6) is 0.872. The standard InChI is InChI=1S/C20H18N4O/c21-18-12-17(18)13-4-1-6-15(10-13)20(25)24-16-7-2-5-14(11-16)19-22-8-3-9-23-19/h1-11,17-18H,12,21H2,(H,24,25). The van der Waals surface area contributed by atoms with E-state index in [1.165, 1.54) is 0 Å². The third kappa shape index (κ3) is 3.41. The highest BCUT2D eigenvalue weighted by molar-refractivity contribution is 6.04. The van der Waals surface area contributed by atoms with Gasteiger partial charge in [-0.15, -0.1) is 0 Å². The Morgan fingerprint density at radius 3 is 2.56 bits per heavy atom. The normalized spacial score (nSPS) is 18.6. The molecule has 1 fully saturated rings. The average molecular weight is 330 g/mol. The zero-order chi connectivity index (χ0) is 17.2. The SMILES string of the molecule is NC1CC1c1cccc(C(=O)Nc2cccc(-c3ncccn3)c2)c1. The Hall–Kier alpha value is -3.05. The molecule has 25 heavy (non-hydrogen) atoms. The van der Waals surface area contributed by atoms with Gasteiger partial charge in [0, 0.05) is 41.2 Å². The molecule has 0 bridgehead atoms. The van der Waals surface area contributed by atoms with Gasteiger partial charge in [-0.3, -0.25) is 4.79 Å². The molecule has 2 unspecified atom stereocenters. The average Bonchev–Trinajstić information content (AvgIpc) is 3.39. The highest BCUT2D eigenvalue weighted by Crippen LogP contribution is 2.39. The molecule has 2 atom stereocenters. The van der Waals surface area contributed by atoms with E-state index in [-0.39, 0.29) is 11.9 Å². The zero-order valence-corrected chi connectivity index (χ0v) is 13.6. The number of amides is 1. The molecule has 0 radical (unpaired) electrons. The maximum atomic E-state index is 12.6. The van der Waals surface area contributed by atoms with Crippen molar-refractivity contribution < 1.29 is 4.79 Å². The Morgan fingerprint density at radius 2 is 1.80 bits per heavy atom. The molecule has 5 nitrogen and oxygen atoms in total. The summed E-state index contributed by atoms with van der Waals surface area (Å²) in [5.41, 5.74) is 9.24. The van der Waals surface area contributed by atoms with Crippen LogP contribution in [0.3, 0.4) is 0 Å². The van der Waals surface area contributed by atoms with Crippen LogP contribution in [0.15, 0.2) is 67.0 Å². The number of benzene rings is 2. The smallest absolute Gasteiger partial charge is 0.255 e. The van der Waals surface area contributed by atoms with E-state index >= 15 is 0 Å². The summed E-state index contributed by atoms with van der Waals surface area (Å²) in [4.78, 5) is 21.0. The lowest BCUT2D eigenvalue weighted by Crippen LogP contribution is -2.12. The lowest BCUT2D eigenvalue weighted by Gasteiger charge is -2.08. The molecule has 1 heterocycles. The summed E-state index contributed by atoms with van der Waals surface area (Å²) < 4.78 is 0. The van der Waals surface area contributed by atoms with Gasteiger partial charge in [-0.25, -0.2) is 9.97 Å². The summed E-state index contributed by atoms with van der Waals surface area (Å²) in [6.45, 7) is 0. The van der Waals surface area contributed by atoms with Crippen molar-refractivity contribution in [1.29, 1.82) is 0 Å². The number of nitrogens with one attached hydrogen (secondary N) is 1. The van der Waals surface area contributed by atoms with Crippen molar-refractivity contribution in [2.24, 2.45) is 5.73 Å². The molecule has 1 aliphatic carbocycles. The van der Waals surface area contributed by atoms with E-state index in [2.05, 4.69) is 15.3 Å². The van der Waals surface area contributed by atoms with E-state index in [4.69, 9.17) is 5.73 Å². The van der Waals surface area contributed by atoms with Crippen LogP contribution < -0.4 is 11.1 Å². The van der Waals surface area contributed by atoms with Gasteiger partial charge in [0.05, 0.1) is 0 Å². The number of nitrogens with two attached hydrogens (primary N) is 1. The van der Waals surface area contributed by atoms with Gasteiger partial charge >= 0.3 is 0 Å². The van der Waals surface area contributed by atoms with Crippen molar-refractivity contribution >= 4 is 11.6 Å². The molecular formula is C20H18N4O. The lowest BCUT2D eigenvalue weighted by atomic mass is 10.1. The van der Waals surface area contributed by atoms with Crippen LogP contribution in [-0.2, 0) is 0 Å². The van der Waals surface area contributed by atoms with E-state index in [0.717, 1.165) is 17.5 Å². The fraction of sp³-hybridized carbons (Fsp3) is 0.150. The number of rotatable bonds is 4. The van der Waals surface area contributed by atoms with Crippen molar-refractivity contribution in [1.82, 2.24) is 9.97 Å². The molecule has 124 valence electrons. The Balaban J connectivity index is 1.53. The molecule has 2 aromatic carbocycles. The molecule has 3 N–H and O–H groups in total. The van der Waals surface area contributed by atoms with Gasteiger partial charge in [0.15, 0.2) is 5.82 Å². The molecule has 3 aromatic rings. The van der Waals surface area contributed by atoms with Crippen LogP contribution in [0.25, 0.3) is 11.4 Å². The highest BCUT2D eigenvalue weighted by Gasteiger charge is 2.34. The molecule has 1 saturated carbocycles. The van der Waals surface area contributed by atoms with Crippen LogP contribution in [0, 0.1) is 0 Å². The first-order chi connectivity index (χ1) is 12.2. The fourth-order valence-corrected chi connectivity index (χ4v) is 2.90. The third-order valence-electron chi connectivity index (χ3n) is 4.36. The maximum Gasteiger partial charge on any atom is 0.255 e. The first-order valence-electron chi connectivity index (χ1n) is 8.25. The summed E-state index contributed by atoms with van der Waals surface area (Å²) in [6, 6.07) is 17.2. The summed E-state index contributed by atoms with van der Waals surface area (Å²) in [5, 5.41) is 2.94. The molecule has 1 amide bonds. The van der Waals surface area contributed by atoms with Gasteiger partial charge in [-0.2, -0.15) is 0 Å². The predicted octanol–water partition coefficient (Wildman–Crippen LogP) is 3.21. The second kappa shape index (κ2) is 6.45.